The van der Waals surface area contributed by atoms with Crippen molar-refractivity contribution in [3.8, 4) is 0 Å². The third-order valence-electron chi connectivity index (χ3n) is 4.90. The van der Waals surface area contributed by atoms with Gasteiger partial charge in [-0.05, 0) is 37.1 Å². The molecule has 1 unspecified atom stereocenters. The van der Waals surface area contributed by atoms with E-state index in [-0.39, 0.29) is 11.6 Å². The number of nitrogens with zero attached hydrogens (tertiary/aromatic N) is 5. The predicted molar refractivity (Wildman–Crippen MR) is 102 cm³/mol. The van der Waals surface area contributed by atoms with Gasteiger partial charge in [-0.2, -0.15) is 4.68 Å². The van der Waals surface area contributed by atoms with Crippen LogP contribution in [0.3, 0.4) is 0 Å². The minimum absolute atomic E-state index is 0.0921. The van der Waals surface area contributed by atoms with E-state index >= 15 is 0 Å². The summed E-state index contributed by atoms with van der Waals surface area (Å²) in [5, 5.41) is 10.1. The fourth-order valence-electron chi connectivity index (χ4n) is 3.60. The van der Waals surface area contributed by atoms with Crippen molar-refractivity contribution < 1.29 is 0 Å². The lowest BCUT2D eigenvalue weighted by Crippen LogP contribution is -2.34. The molecule has 0 amide bonds. The second kappa shape index (κ2) is 6.26. The summed E-state index contributed by atoms with van der Waals surface area (Å²) < 4.78 is 2.67. The van der Waals surface area contributed by atoms with Crippen LogP contribution in [0.15, 0.2) is 53.3 Å². The van der Waals surface area contributed by atoms with Gasteiger partial charge < -0.3 is 0 Å². The van der Waals surface area contributed by atoms with Crippen molar-refractivity contribution in [1.82, 2.24) is 24.9 Å². The zero-order valence-corrected chi connectivity index (χ0v) is 14.9. The summed E-state index contributed by atoms with van der Waals surface area (Å²) >= 11 is 1.74. The van der Waals surface area contributed by atoms with Gasteiger partial charge in [0, 0.05) is 6.54 Å². The van der Waals surface area contributed by atoms with E-state index in [2.05, 4.69) is 21.3 Å². The molecule has 1 saturated heterocycles. The predicted octanol–water partition coefficient (Wildman–Crippen LogP) is 3.20. The molecular formula is C19H17N5OS. The van der Waals surface area contributed by atoms with E-state index in [1.165, 1.54) is 9.38 Å². The number of fused-ring (bicyclic) bond motifs is 2. The van der Waals surface area contributed by atoms with Gasteiger partial charge in [0.15, 0.2) is 0 Å². The maximum absolute atomic E-state index is 12.7. The van der Waals surface area contributed by atoms with Crippen LogP contribution in [0.25, 0.3) is 21.1 Å². The lowest BCUT2D eigenvalue weighted by Gasteiger charge is -2.22. The van der Waals surface area contributed by atoms with Crippen molar-refractivity contribution in [1.29, 1.82) is 0 Å². The van der Waals surface area contributed by atoms with Gasteiger partial charge in [0.1, 0.15) is 10.5 Å². The molecule has 0 spiro atoms. The van der Waals surface area contributed by atoms with Crippen LogP contribution < -0.4 is 5.56 Å². The highest BCUT2D eigenvalue weighted by Gasteiger charge is 2.29. The van der Waals surface area contributed by atoms with E-state index in [1.807, 2.05) is 36.4 Å². The summed E-state index contributed by atoms with van der Waals surface area (Å²) in [5.74, 6) is 0. The van der Waals surface area contributed by atoms with E-state index in [1.54, 1.807) is 17.4 Å². The molecule has 2 aromatic carbocycles. The summed E-state index contributed by atoms with van der Waals surface area (Å²) in [6.45, 7) is 1.37. The van der Waals surface area contributed by atoms with E-state index < -0.39 is 0 Å². The molecule has 5 rings (SSSR count). The van der Waals surface area contributed by atoms with Gasteiger partial charge in [-0.1, -0.05) is 29.5 Å². The molecule has 4 aromatic rings. The van der Waals surface area contributed by atoms with Gasteiger partial charge in [-0.25, -0.2) is 4.98 Å². The average Bonchev–Trinajstić information content (AvgIpc) is 3.30. The Kier molecular flexibility index (Phi) is 3.76. The maximum Gasteiger partial charge on any atom is 0.278 e. The lowest BCUT2D eigenvalue weighted by atomic mass is 10.2. The van der Waals surface area contributed by atoms with Crippen LogP contribution in [0, 0.1) is 0 Å². The van der Waals surface area contributed by atoms with Crippen molar-refractivity contribution >= 4 is 32.5 Å². The lowest BCUT2D eigenvalue weighted by molar-refractivity contribution is 0.184. The molecule has 1 aliphatic rings. The van der Waals surface area contributed by atoms with Gasteiger partial charge in [-0.3, -0.25) is 9.69 Å². The Labute approximate surface area is 153 Å². The molecule has 1 atom stereocenters. The Bertz CT molecular complexity index is 1120. The summed E-state index contributed by atoms with van der Waals surface area (Å²) in [7, 11) is 0. The first-order valence-corrected chi connectivity index (χ1v) is 9.53. The summed E-state index contributed by atoms with van der Waals surface area (Å²) in [6, 6.07) is 15.8. The normalized spacial score (nSPS) is 18.1. The average molecular weight is 363 g/mol. The van der Waals surface area contributed by atoms with Crippen LogP contribution in [0.5, 0.6) is 0 Å². The zero-order chi connectivity index (χ0) is 17.5. The molecule has 0 bridgehead atoms. The van der Waals surface area contributed by atoms with Gasteiger partial charge >= 0.3 is 0 Å². The molecule has 1 fully saturated rings. The van der Waals surface area contributed by atoms with Gasteiger partial charge in [-0.15, -0.1) is 16.4 Å². The standard InChI is InChI=1S/C19H17N5OS/c25-19-13-6-1-2-7-14(13)21-22-24(19)12-23-11-5-9-16(23)18-20-15-8-3-4-10-17(15)26-18/h1-4,6-8,10,16H,5,9,11-12H2. The Morgan fingerprint density at radius 1 is 1.08 bits per heavy atom. The Morgan fingerprint density at radius 3 is 2.77 bits per heavy atom. The zero-order valence-electron chi connectivity index (χ0n) is 14.1. The van der Waals surface area contributed by atoms with Gasteiger partial charge in [0.25, 0.3) is 5.56 Å². The number of aromatic nitrogens is 4. The highest BCUT2D eigenvalue weighted by Crippen LogP contribution is 2.36. The summed E-state index contributed by atoms with van der Waals surface area (Å²) in [5.41, 5.74) is 1.59. The number of hydrogen-bond acceptors (Lipinski definition) is 6. The molecular weight excluding hydrogens is 346 g/mol. The third-order valence-corrected chi connectivity index (χ3v) is 6.04. The maximum atomic E-state index is 12.7. The minimum atomic E-state index is -0.0921. The van der Waals surface area contributed by atoms with Crippen LogP contribution in [0.2, 0.25) is 0 Å². The smallest absolute Gasteiger partial charge is 0.275 e. The third kappa shape index (κ3) is 2.60. The fraction of sp³-hybridized carbons (Fsp3) is 0.263. The largest absolute Gasteiger partial charge is 0.278 e. The van der Waals surface area contributed by atoms with Crippen LogP contribution in [-0.2, 0) is 6.67 Å². The number of benzene rings is 2. The first kappa shape index (κ1) is 15.6. The van der Waals surface area contributed by atoms with Gasteiger partial charge in [0.2, 0.25) is 0 Å². The van der Waals surface area contributed by atoms with Crippen LogP contribution in [-0.4, -0.2) is 31.4 Å². The molecule has 26 heavy (non-hydrogen) atoms. The van der Waals surface area contributed by atoms with Crippen molar-refractivity contribution in [3.63, 3.8) is 0 Å². The molecule has 6 nitrogen and oxygen atoms in total. The van der Waals surface area contributed by atoms with Crippen molar-refractivity contribution in [2.24, 2.45) is 0 Å². The molecule has 1 aliphatic heterocycles. The Morgan fingerprint density at radius 2 is 1.88 bits per heavy atom. The topological polar surface area (TPSA) is 63.9 Å². The summed E-state index contributed by atoms with van der Waals surface area (Å²) in [6.07, 6.45) is 2.14. The van der Waals surface area contributed by atoms with Crippen LogP contribution in [0.1, 0.15) is 23.9 Å². The second-order valence-electron chi connectivity index (χ2n) is 6.54. The van der Waals surface area contributed by atoms with Crippen molar-refractivity contribution in [3.05, 3.63) is 63.9 Å². The minimum Gasteiger partial charge on any atom is -0.275 e. The molecule has 3 heterocycles. The molecule has 7 heteroatoms. The Balaban J connectivity index is 1.48. The SMILES string of the molecule is O=c1c2ccccc2nnn1CN1CCCC1c1nc2ccccc2s1. The van der Waals surface area contributed by atoms with E-state index in [4.69, 9.17) is 4.98 Å². The van der Waals surface area contributed by atoms with Gasteiger partial charge in [0.05, 0.1) is 28.3 Å². The molecule has 0 saturated carbocycles. The summed E-state index contributed by atoms with van der Waals surface area (Å²) in [4.78, 5) is 19.8. The number of thiazole rings is 1. The molecule has 0 radical (unpaired) electrons. The quantitative estimate of drug-likeness (QED) is 0.559. The molecule has 2 aromatic heterocycles. The van der Waals surface area contributed by atoms with E-state index in [9.17, 15) is 4.79 Å². The highest BCUT2D eigenvalue weighted by atomic mass is 32.1. The van der Waals surface area contributed by atoms with E-state index in [0.717, 1.165) is 29.9 Å². The number of likely N-dealkylation sites (tertiary alicyclic amines) is 1. The highest BCUT2D eigenvalue weighted by molar-refractivity contribution is 7.18. The monoisotopic (exact) mass is 363 g/mol. The number of para-hydroxylation sites is 1. The van der Waals surface area contributed by atoms with Crippen LogP contribution >= 0.6 is 11.3 Å². The van der Waals surface area contributed by atoms with Crippen LogP contribution in [0.4, 0.5) is 0 Å². The molecule has 0 N–H and O–H groups in total. The molecule has 130 valence electrons. The van der Waals surface area contributed by atoms with Crippen molar-refractivity contribution in [2.45, 2.75) is 25.6 Å². The second-order valence-corrected chi connectivity index (χ2v) is 7.61. The first-order valence-electron chi connectivity index (χ1n) is 8.72. The number of rotatable bonds is 3. The number of hydrogen-bond donors (Lipinski definition) is 0. The fourth-order valence-corrected chi connectivity index (χ4v) is 4.73. The molecule has 0 aliphatic carbocycles. The van der Waals surface area contributed by atoms with Crippen molar-refractivity contribution in [2.75, 3.05) is 6.54 Å². The Hall–Kier alpha value is -2.64. The first-order chi connectivity index (χ1) is 12.8. The van der Waals surface area contributed by atoms with E-state index in [0.29, 0.717) is 17.6 Å².